The van der Waals surface area contributed by atoms with Crippen molar-refractivity contribution < 1.29 is 9.53 Å². The summed E-state index contributed by atoms with van der Waals surface area (Å²) in [6, 6.07) is 11.9. The zero-order chi connectivity index (χ0) is 25.8. The Kier molecular flexibility index (Phi) is 7.00. The molecule has 1 aromatic carbocycles. The number of benzene rings is 1. The number of piperazine rings is 1. The van der Waals surface area contributed by atoms with E-state index in [9.17, 15) is 4.79 Å². The fraction of sp³-hybridized carbons (Fsp3) is 0.259. The van der Waals surface area contributed by atoms with Gasteiger partial charge in [0.05, 0.1) is 18.0 Å². The lowest BCUT2D eigenvalue weighted by Gasteiger charge is -2.30. The summed E-state index contributed by atoms with van der Waals surface area (Å²) in [6.45, 7) is 9.09. The van der Waals surface area contributed by atoms with Crippen molar-refractivity contribution in [1.29, 1.82) is 0 Å². The number of nitrogens with one attached hydrogen (secondary N) is 3. The quantitative estimate of drug-likeness (QED) is 0.316. The first-order chi connectivity index (χ1) is 18.1. The van der Waals surface area contributed by atoms with Crippen LogP contribution in [-0.4, -0.2) is 58.2 Å². The molecule has 1 aliphatic rings. The van der Waals surface area contributed by atoms with Crippen LogP contribution in [0.25, 0.3) is 22.2 Å². The molecule has 37 heavy (non-hydrogen) atoms. The van der Waals surface area contributed by atoms with E-state index < -0.39 is 0 Å². The second-order valence-corrected chi connectivity index (χ2v) is 8.64. The first kappa shape index (κ1) is 24.3. The van der Waals surface area contributed by atoms with Gasteiger partial charge in [-0.25, -0.2) is 9.97 Å². The number of hydrogen-bond acceptors (Lipinski definition) is 8. The Labute approximate surface area is 215 Å². The normalized spacial score (nSPS) is 13.4. The highest BCUT2D eigenvalue weighted by Crippen LogP contribution is 2.36. The first-order valence-electron chi connectivity index (χ1n) is 12.3. The van der Waals surface area contributed by atoms with E-state index in [0.29, 0.717) is 35.6 Å². The average molecular weight is 499 g/mol. The molecule has 0 aliphatic carbocycles. The van der Waals surface area contributed by atoms with Crippen molar-refractivity contribution in [3.63, 3.8) is 0 Å². The zero-order valence-corrected chi connectivity index (χ0v) is 21.0. The van der Waals surface area contributed by atoms with Gasteiger partial charge in [-0.3, -0.25) is 4.79 Å². The minimum atomic E-state index is -0.317. The smallest absolute Gasteiger partial charge is 0.247 e. The van der Waals surface area contributed by atoms with Gasteiger partial charge in [-0.05, 0) is 31.2 Å². The number of amides is 1. The third kappa shape index (κ3) is 5.10. The molecule has 1 fully saturated rings. The summed E-state index contributed by atoms with van der Waals surface area (Å²) in [5.74, 6) is 1.13. The molecule has 190 valence electrons. The summed E-state index contributed by atoms with van der Waals surface area (Å²) in [5, 5.41) is 10.6. The molecule has 0 radical (unpaired) electrons. The van der Waals surface area contributed by atoms with E-state index in [1.54, 1.807) is 6.20 Å². The van der Waals surface area contributed by atoms with Gasteiger partial charge in [0.15, 0.2) is 5.82 Å². The van der Waals surface area contributed by atoms with Gasteiger partial charge in [0.2, 0.25) is 17.7 Å². The van der Waals surface area contributed by atoms with Gasteiger partial charge < -0.3 is 30.2 Å². The van der Waals surface area contributed by atoms with Crippen LogP contribution in [0.4, 0.5) is 23.1 Å². The molecule has 1 aliphatic heterocycles. The van der Waals surface area contributed by atoms with Crippen molar-refractivity contribution in [1.82, 2.24) is 24.8 Å². The summed E-state index contributed by atoms with van der Waals surface area (Å²) in [6.07, 6.45) is 5.02. The number of fused-ring (bicyclic) bond motifs is 1. The number of rotatable bonds is 8. The average Bonchev–Trinajstić information content (AvgIpc) is 3.27. The van der Waals surface area contributed by atoms with Crippen molar-refractivity contribution in [3.05, 3.63) is 61.4 Å². The number of pyridine rings is 1. The molecule has 0 unspecified atom stereocenters. The Morgan fingerprint density at radius 3 is 2.78 bits per heavy atom. The van der Waals surface area contributed by atoms with Crippen LogP contribution < -0.4 is 25.6 Å². The number of ether oxygens (including phenoxy) is 1. The lowest BCUT2D eigenvalue weighted by atomic mass is 10.1. The van der Waals surface area contributed by atoms with Gasteiger partial charge in [0, 0.05) is 62.1 Å². The molecule has 4 aromatic rings. The number of para-hydroxylation sites is 1. The van der Waals surface area contributed by atoms with Crippen molar-refractivity contribution in [2.45, 2.75) is 6.92 Å². The van der Waals surface area contributed by atoms with E-state index in [0.717, 1.165) is 48.3 Å². The fourth-order valence-corrected chi connectivity index (χ4v) is 4.45. The Balaban J connectivity index is 1.53. The fourth-order valence-electron chi connectivity index (χ4n) is 4.45. The molecule has 10 nitrogen and oxygen atoms in total. The molecule has 10 heteroatoms. The third-order valence-corrected chi connectivity index (χ3v) is 6.18. The van der Waals surface area contributed by atoms with E-state index in [2.05, 4.69) is 55.3 Å². The van der Waals surface area contributed by atoms with Gasteiger partial charge in [0.1, 0.15) is 5.69 Å². The lowest BCUT2D eigenvalue weighted by Crippen LogP contribution is -2.44. The Bertz CT molecular complexity index is 1440. The van der Waals surface area contributed by atoms with Crippen LogP contribution in [0.3, 0.4) is 0 Å². The topological polar surface area (TPSA) is 109 Å². The Hall–Kier alpha value is -4.44. The molecule has 4 heterocycles. The van der Waals surface area contributed by atoms with Crippen LogP contribution in [0.15, 0.2) is 61.4 Å². The molecule has 3 aromatic heterocycles. The molecular weight excluding hydrogens is 468 g/mol. The van der Waals surface area contributed by atoms with Crippen LogP contribution in [0.1, 0.15) is 6.92 Å². The van der Waals surface area contributed by atoms with E-state index in [4.69, 9.17) is 14.7 Å². The largest absolute Gasteiger partial charge is 0.476 e. The molecule has 0 saturated carbocycles. The van der Waals surface area contributed by atoms with E-state index >= 15 is 0 Å². The van der Waals surface area contributed by atoms with Gasteiger partial charge in [-0.2, -0.15) is 4.98 Å². The summed E-state index contributed by atoms with van der Waals surface area (Å²) >= 11 is 0. The summed E-state index contributed by atoms with van der Waals surface area (Å²) < 4.78 is 7.98. The molecule has 0 bridgehead atoms. The molecule has 0 atom stereocenters. The molecule has 5 rings (SSSR count). The van der Waals surface area contributed by atoms with Crippen LogP contribution in [0, 0.1) is 0 Å². The number of nitrogens with zero attached hydrogens (tertiary/aromatic N) is 5. The van der Waals surface area contributed by atoms with E-state index in [-0.39, 0.29) is 5.91 Å². The molecule has 1 amide bonds. The van der Waals surface area contributed by atoms with Crippen LogP contribution in [-0.2, 0) is 11.8 Å². The van der Waals surface area contributed by atoms with Crippen molar-refractivity contribution in [3.8, 4) is 17.1 Å². The number of aryl methyl sites for hydroxylation is 1. The Morgan fingerprint density at radius 1 is 1.19 bits per heavy atom. The predicted octanol–water partition coefficient (Wildman–Crippen LogP) is 3.71. The highest BCUT2D eigenvalue weighted by Gasteiger charge is 2.21. The minimum absolute atomic E-state index is 0.317. The summed E-state index contributed by atoms with van der Waals surface area (Å²) in [7, 11) is 2.02. The van der Waals surface area contributed by atoms with Gasteiger partial charge >= 0.3 is 0 Å². The summed E-state index contributed by atoms with van der Waals surface area (Å²) in [4.78, 5) is 28.4. The van der Waals surface area contributed by atoms with Crippen molar-refractivity contribution >= 4 is 40.0 Å². The highest BCUT2D eigenvalue weighted by atomic mass is 16.5. The molecule has 1 saturated heterocycles. The molecule has 0 spiro atoms. The third-order valence-electron chi connectivity index (χ3n) is 6.18. The number of aromatic nitrogens is 4. The van der Waals surface area contributed by atoms with Crippen LogP contribution in [0.5, 0.6) is 5.88 Å². The second-order valence-electron chi connectivity index (χ2n) is 8.64. The maximum Gasteiger partial charge on any atom is 0.247 e. The van der Waals surface area contributed by atoms with E-state index in [1.807, 2.05) is 38.2 Å². The van der Waals surface area contributed by atoms with E-state index in [1.165, 1.54) is 6.08 Å². The number of carbonyl (C=O) groups excluding carboxylic acids is 1. The lowest BCUT2D eigenvalue weighted by molar-refractivity contribution is -0.111. The van der Waals surface area contributed by atoms with Crippen molar-refractivity contribution in [2.24, 2.45) is 7.05 Å². The molecule has 3 N–H and O–H groups in total. The van der Waals surface area contributed by atoms with Gasteiger partial charge in [0.25, 0.3) is 0 Å². The predicted molar refractivity (Wildman–Crippen MR) is 147 cm³/mol. The minimum Gasteiger partial charge on any atom is -0.476 e. The van der Waals surface area contributed by atoms with Crippen LogP contribution in [0.2, 0.25) is 0 Å². The monoisotopic (exact) mass is 498 g/mol. The number of hydrogen-bond donors (Lipinski definition) is 3. The SMILES string of the molecule is C=CC(=O)Nc1cc(Nc2nccc(-c3cn(C)c4ccccc34)n2)c(OCC)nc1N1CCNCC1. The Morgan fingerprint density at radius 2 is 2.00 bits per heavy atom. The standard InChI is InChI=1S/C27H30N8O2/c1-4-24(36)30-21-16-22(26(37-5-2)33-25(21)35-14-12-28-13-15-35)32-27-29-11-10-20(31-27)19-17-34(3)23-9-7-6-8-18(19)23/h4,6-11,16-17,28H,1,5,12-15H2,2-3H3,(H,30,36)(H,29,31,32). The first-order valence-corrected chi connectivity index (χ1v) is 12.3. The highest BCUT2D eigenvalue weighted by molar-refractivity contribution is 6.01. The van der Waals surface area contributed by atoms with Crippen molar-refractivity contribution in [2.75, 3.05) is 48.3 Å². The van der Waals surface area contributed by atoms with Gasteiger partial charge in [-0.1, -0.05) is 24.8 Å². The molecular formula is C27H30N8O2. The van der Waals surface area contributed by atoms with Gasteiger partial charge in [-0.15, -0.1) is 0 Å². The maximum absolute atomic E-state index is 12.2. The number of anilines is 4. The van der Waals surface area contributed by atoms with Crippen LogP contribution >= 0.6 is 0 Å². The maximum atomic E-state index is 12.2. The zero-order valence-electron chi connectivity index (χ0n) is 21.0. The second kappa shape index (κ2) is 10.7. The summed E-state index contributed by atoms with van der Waals surface area (Å²) in [5.41, 5.74) is 4.04. The number of carbonyl (C=O) groups is 1.